The molecule has 0 aliphatic heterocycles. The molecule has 0 bridgehead atoms. The minimum Gasteiger partial charge on any atom is -0.504 e. The number of carbonyl (C=O) groups is 1. The SMILES string of the molecule is COc1ccc(C(=O)Cc2ccccc2)c(O)c1OC. The zero-order valence-electron chi connectivity index (χ0n) is 11.4. The predicted octanol–water partition coefficient (Wildman–Crippen LogP) is 2.83. The van der Waals surface area contributed by atoms with Gasteiger partial charge in [0.15, 0.2) is 17.3 Å². The monoisotopic (exact) mass is 272 g/mol. The van der Waals surface area contributed by atoms with Gasteiger partial charge < -0.3 is 14.6 Å². The van der Waals surface area contributed by atoms with E-state index in [1.165, 1.54) is 14.2 Å². The first-order chi connectivity index (χ1) is 9.67. The molecule has 0 fully saturated rings. The number of hydrogen-bond acceptors (Lipinski definition) is 4. The van der Waals surface area contributed by atoms with Crippen molar-refractivity contribution in [3.63, 3.8) is 0 Å². The normalized spacial score (nSPS) is 10.1. The van der Waals surface area contributed by atoms with Crippen molar-refractivity contribution < 1.29 is 19.4 Å². The minimum absolute atomic E-state index is 0.172. The second-order valence-corrected chi connectivity index (χ2v) is 4.28. The molecule has 2 rings (SSSR count). The largest absolute Gasteiger partial charge is 0.504 e. The Morgan fingerprint density at radius 1 is 1.05 bits per heavy atom. The van der Waals surface area contributed by atoms with Gasteiger partial charge in [-0.15, -0.1) is 0 Å². The van der Waals surface area contributed by atoms with Gasteiger partial charge in [0.05, 0.1) is 19.8 Å². The summed E-state index contributed by atoms with van der Waals surface area (Å²) < 4.78 is 10.2. The van der Waals surface area contributed by atoms with Crippen LogP contribution < -0.4 is 9.47 Å². The van der Waals surface area contributed by atoms with Gasteiger partial charge in [-0.1, -0.05) is 30.3 Å². The van der Waals surface area contributed by atoms with Crippen molar-refractivity contribution in [1.82, 2.24) is 0 Å². The van der Waals surface area contributed by atoms with E-state index < -0.39 is 0 Å². The molecule has 0 amide bonds. The molecule has 0 atom stereocenters. The van der Waals surface area contributed by atoms with Crippen LogP contribution in [0.2, 0.25) is 0 Å². The number of carbonyl (C=O) groups excluding carboxylic acids is 1. The van der Waals surface area contributed by atoms with E-state index in [1.807, 2.05) is 30.3 Å². The van der Waals surface area contributed by atoms with Crippen LogP contribution in [0.3, 0.4) is 0 Å². The maximum absolute atomic E-state index is 12.2. The summed E-state index contributed by atoms with van der Waals surface area (Å²) in [6.45, 7) is 0. The Morgan fingerprint density at radius 3 is 2.35 bits per heavy atom. The van der Waals surface area contributed by atoms with E-state index in [4.69, 9.17) is 9.47 Å². The van der Waals surface area contributed by atoms with Gasteiger partial charge in [0.2, 0.25) is 5.75 Å². The number of rotatable bonds is 5. The average molecular weight is 272 g/mol. The van der Waals surface area contributed by atoms with E-state index in [2.05, 4.69) is 0 Å². The summed E-state index contributed by atoms with van der Waals surface area (Å²) in [5, 5.41) is 10.1. The van der Waals surface area contributed by atoms with Crippen molar-refractivity contribution in [2.24, 2.45) is 0 Å². The van der Waals surface area contributed by atoms with Crippen molar-refractivity contribution in [2.45, 2.75) is 6.42 Å². The van der Waals surface area contributed by atoms with Crippen LogP contribution in [0.4, 0.5) is 0 Å². The molecule has 20 heavy (non-hydrogen) atoms. The molecule has 0 saturated carbocycles. The number of Topliss-reactive ketones (excluding diaryl/α,β-unsaturated/α-hetero) is 1. The Labute approximate surface area is 117 Å². The van der Waals surface area contributed by atoms with Gasteiger partial charge in [-0.25, -0.2) is 0 Å². The summed E-state index contributed by atoms with van der Waals surface area (Å²) in [6.07, 6.45) is 0.226. The number of hydrogen-bond donors (Lipinski definition) is 1. The van der Waals surface area contributed by atoms with Crippen LogP contribution in [0.25, 0.3) is 0 Å². The van der Waals surface area contributed by atoms with Crippen molar-refractivity contribution >= 4 is 5.78 Å². The highest BCUT2D eigenvalue weighted by atomic mass is 16.5. The highest BCUT2D eigenvalue weighted by Gasteiger charge is 2.19. The number of benzene rings is 2. The molecular weight excluding hydrogens is 256 g/mol. The second-order valence-electron chi connectivity index (χ2n) is 4.28. The molecule has 2 aromatic rings. The summed E-state index contributed by atoms with van der Waals surface area (Å²) in [6, 6.07) is 12.5. The van der Waals surface area contributed by atoms with E-state index in [-0.39, 0.29) is 29.3 Å². The van der Waals surface area contributed by atoms with Crippen LogP contribution in [-0.4, -0.2) is 25.1 Å². The first-order valence-corrected chi connectivity index (χ1v) is 6.18. The maximum atomic E-state index is 12.2. The molecule has 4 heteroatoms. The summed E-state index contributed by atoms with van der Waals surface area (Å²) >= 11 is 0. The zero-order chi connectivity index (χ0) is 14.5. The van der Waals surface area contributed by atoms with Crippen LogP contribution in [0.5, 0.6) is 17.2 Å². The van der Waals surface area contributed by atoms with Crippen LogP contribution in [-0.2, 0) is 6.42 Å². The lowest BCUT2D eigenvalue weighted by atomic mass is 10.0. The topological polar surface area (TPSA) is 55.8 Å². The molecule has 0 unspecified atom stereocenters. The van der Waals surface area contributed by atoms with Gasteiger partial charge in [-0.2, -0.15) is 0 Å². The quantitative estimate of drug-likeness (QED) is 0.850. The van der Waals surface area contributed by atoms with Crippen LogP contribution in [0.1, 0.15) is 15.9 Å². The first-order valence-electron chi connectivity index (χ1n) is 6.18. The first kappa shape index (κ1) is 13.9. The zero-order valence-corrected chi connectivity index (χ0v) is 11.4. The summed E-state index contributed by atoms with van der Waals surface area (Å²) in [4.78, 5) is 12.2. The Balaban J connectivity index is 2.31. The van der Waals surface area contributed by atoms with Crippen LogP contribution >= 0.6 is 0 Å². The Bertz CT molecular complexity index is 605. The van der Waals surface area contributed by atoms with Crippen LogP contribution in [0.15, 0.2) is 42.5 Å². The van der Waals surface area contributed by atoms with Crippen molar-refractivity contribution in [3.05, 3.63) is 53.6 Å². The molecule has 0 saturated heterocycles. The van der Waals surface area contributed by atoms with E-state index in [0.29, 0.717) is 5.75 Å². The lowest BCUT2D eigenvalue weighted by molar-refractivity contribution is 0.0989. The lowest BCUT2D eigenvalue weighted by Gasteiger charge is -2.12. The van der Waals surface area contributed by atoms with Gasteiger partial charge in [-0.3, -0.25) is 4.79 Å². The Kier molecular flexibility index (Phi) is 4.25. The third kappa shape index (κ3) is 2.74. The smallest absolute Gasteiger partial charge is 0.203 e. The minimum atomic E-state index is -0.187. The van der Waals surface area contributed by atoms with E-state index in [9.17, 15) is 9.90 Å². The molecule has 0 spiro atoms. The van der Waals surface area contributed by atoms with Crippen molar-refractivity contribution in [1.29, 1.82) is 0 Å². The predicted molar refractivity (Wildman–Crippen MR) is 75.7 cm³/mol. The number of aromatic hydroxyl groups is 1. The highest BCUT2D eigenvalue weighted by Crippen LogP contribution is 2.39. The number of methoxy groups -OCH3 is 2. The van der Waals surface area contributed by atoms with E-state index in [0.717, 1.165) is 5.56 Å². The molecule has 0 aliphatic rings. The van der Waals surface area contributed by atoms with Crippen LogP contribution in [0, 0.1) is 0 Å². The number of phenols is 1. The molecular formula is C16H16O4. The fourth-order valence-corrected chi connectivity index (χ4v) is 2.01. The summed E-state index contributed by atoms with van der Waals surface area (Å²) in [5.41, 5.74) is 1.12. The second kappa shape index (κ2) is 6.10. The van der Waals surface area contributed by atoms with E-state index >= 15 is 0 Å². The van der Waals surface area contributed by atoms with Gasteiger partial charge in [0.25, 0.3) is 0 Å². The summed E-state index contributed by atoms with van der Waals surface area (Å²) in [5.74, 6) is 0.204. The lowest BCUT2D eigenvalue weighted by Crippen LogP contribution is -2.05. The average Bonchev–Trinajstić information content (AvgIpc) is 2.47. The van der Waals surface area contributed by atoms with Gasteiger partial charge in [0.1, 0.15) is 0 Å². The molecule has 0 aromatic heterocycles. The fraction of sp³-hybridized carbons (Fsp3) is 0.188. The molecule has 104 valence electrons. The standard InChI is InChI=1S/C16H16O4/c1-19-14-9-8-12(15(18)16(14)20-2)13(17)10-11-6-4-3-5-7-11/h3-9,18H,10H2,1-2H3. The van der Waals surface area contributed by atoms with Gasteiger partial charge in [-0.05, 0) is 17.7 Å². The molecule has 1 N–H and O–H groups in total. The van der Waals surface area contributed by atoms with Crippen molar-refractivity contribution in [3.8, 4) is 17.2 Å². The molecule has 4 nitrogen and oxygen atoms in total. The molecule has 0 radical (unpaired) electrons. The fourth-order valence-electron chi connectivity index (χ4n) is 2.01. The number of phenolic OH excluding ortho intramolecular Hbond substituents is 1. The van der Waals surface area contributed by atoms with Gasteiger partial charge in [0, 0.05) is 6.42 Å². The maximum Gasteiger partial charge on any atom is 0.203 e. The highest BCUT2D eigenvalue weighted by molar-refractivity contribution is 6.01. The van der Waals surface area contributed by atoms with E-state index in [1.54, 1.807) is 12.1 Å². The number of ketones is 1. The van der Waals surface area contributed by atoms with Gasteiger partial charge >= 0.3 is 0 Å². The third-order valence-corrected chi connectivity index (χ3v) is 3.03. The molecule has 0 heterocycles. The van der Waals surface area contributed by atoms with Crippen molar-refractivity contribution in [2.75, 3.05) is 14.2 Å². The number of ether oxygens (including phenoxy) is 2. The third-order valence-electron chi connectivity index (χ3n) is 3.03. The molecule has 2 aromatic carbocycles. The Hall–Kier alpha value is -2.49. The summed E-state index contributed by atoms with van der Waals surface area (Å²) in [7, 11) is 2.89. The molecule has 0 aliphatic carbocycles. The Morgan fingerprint density at radius 2 is 1.75 bits per heavy atom.